The van der Waals surface area contributed by atoms with Crippen molar-refractivity contribution >= 4 is 5.91 Å². The van der Waals surface area contributed by atoms with Crippen LogP contribution in [0.5, 0.6) is 0 Å². The number of aromatic nitrogens is 2. The van der Waals surface area contributed by atoms with E-state index in [1.165, 1.54) is 0 Å². The van der Waals surface area contributed by atoms with E-state index in [0.29, 0.717) is 0 Å². The largest absolute Gasteiger partial charge is 0.368 e. The molecular weight excluding hydrogens is 242 g/mol. The van der Waals surface area contributed by atoms with Gasteiger partial charge < -0.3 is 16.0 Å². The highest BCUT2D eigenvalue weighted by Gasteiger charge is 2.21. The predicted molar refractivity (Wildman–Crippen MR) is 75.7 cm³/mol. The number of aryl methyl sites for hydroxylation is 1. The zero-order valence-electron chi connectivity index (χ0n) is 12.3. The summed E-state index contributed by atoms with van der Waals surface area (Å²) in [4.78, 5) is 13.9. The number of carbonyl (C=O) groups excluding carboxylic acids is 1. The monoisotopic (exact) mass is 267 g/mol. The Hall–Kier alpha value is -1.40. The Kier molecular flexibility index (Phi) is 5.98. The molecule has 1 atom stereocenters. The Morgan fingerprint density at radius 2 is 2.16 bits per heavy atom. The molecule has 0 saturated carbocycles. The number of hydrogen-bond acceptors (Lipinski definition) is 4. The second-order valence-electron chi connectivity index (χ2n) is 4.63. The maximum atomic E-state index is 11.6. The highest BCUT2D eigenvalue weighted by Crippen LogP contribution is 2.16. The summed E-state index contributed by atoms with van der Waals surface area (Å²) in [5.41, 5.74) is 7.29. The number of amides is 1. The molecule has 1 unspecified atom stereocenters. The van der Waals surface area contributed by atoms with Gasteiger partial charge in [0.05, 0.1) is 6.20 Å². The lowest BCUT2D eigenvalue weighted by Gasteiger charge is -2.20. The summed E-state index contributed by atoms with van der Waals surface area (Å²) in [6, 6.07) is -0.468. The molecule has 6 heteroatoms. The van der Waals surface area contributed by atoms with Crippen LogP contribution in [0.15, 0.2) is 6.20 Å². The maximum Gasteiger partial charge on any atom is 0.239 e. The van der Waals surface area contributed by atoms with E-state index >= 15 is 0 Å². The fourth-order valence-corrected chi connectivity index (χ4v) is 2.07. The maximum absolute atomic E-state index is 11.6. The normalized spacial score (nSPS) is 12.9. The van der Waals surface area contributed by atoms with Crippen LogP contribution in [0.25, 0.3) is 0 Å². The van der Waals surface area contributed by atoms with Gasteiger partial charge in [0, 0.05) is 31.4 Å². The lowest BCUT2D eigenvalue weighted by molar-refractivity contribution is -0.120. The van der Waals surface area contributed by atoms with E-state index in [1.54, 1.807) is 10.9 Å². The highest BCUT2D eigenvalue weighted by atomic mass is 16.1. The molecule has 0 bridgehead atoms. The number of carbonyl (C=O) groups is 1. The molecule has 1 heterocycles. The van der Waals surface area contributed by atoms with Crippen molar-refractivity contribution in [3.63, 3.8) is 0 Å². The van der Waals surface area contributed by atoms with Gasteiger partial charge in [-0.05, 0) is 20.0 Å². The Labute approximate surface area is 114 Å². The molecule has 1 rings (SSSR count). The lowest BCUT2D eigenvalue weighted by Crippen LogP contribution is -2.39. The molecule has 6 nitrogen and oxygen atoms in total. The summed E-state index contributed by atoms with van der Waals surface area (Å²) >= 11 is 0. The number of nitrogens with two attached hydrogens (primary N) is 1. The summed E-state index contributed by atoms with van der Waals surface area (Å²) in [5.74, 6) is -0.365. The molecule has 19 heavy (non-hydrogen) atoms. The summed E-state index contributed by atoms with van der Waals surface area (Å²) in [5, 5.41) is 7.37. The van der Waals surface area contributed by atoms with Crippen molar-refractivity contribution in [3.05, 3.63) is 17.5 Å². The van der Waals surface area contributed by atoms with Crippen LogP contribution < -0.4 is 11.1 Å². The smallest absolute Gasteiger partial charge is 0.239 e. The first kappa shape index (κ1) is 15.7. The standard InChI is InChI=1S/C13H25N5O/c1-5-18(6-2)8-7-15-12(13(14)19)11-9-16-17(4)10(11)3/h9,12,15H,5-8H2,1-4H3,(H2,14,19). The first-order valence-corrected chi connectivity index (χ1v) is 6.74. The number of rotatable bonds is 8. The second-order valence-corrected chi connectivity index (χ2v) is 4.63. The fraction of sp³-hybridized carbons (Fsp3) is 0.692. The van der Waals surface area contributed by atoms with E-state index in [1.807, 2.05) is 14.0 Å². The van der Waals surface area contributed by atoms with Gasteiger partial charge in [0.2, 0.25) is 5.91 Å². The van der Waals surface area contributed by atoms with E-state index in [9.17, 15) is 4.79 Å². The minimum absolute atomic E-state index is 0.365. The Bertz CT molecular complexity index is 411. The molecule has 1 aromatic rings. The quantitative estimate of drug-likeness (QED) is 0.705. The van der Waals surface area contributed by atoms with Gasteiger partial charge in [-0.3, -0.25) is 9.48 Å². The minimum atomic E-state index is -0.468. The molecule has 0 aliphatic heterocycles. The SMILES string of the molecule is CCN(CC)CCNC(C(N)=O)c1cnn(C)c1C. The van der Waals surface area contributed by atoms with Crippen molar-refractivity contribution in [2.45, 2.75) is 26.8 Å². The summed E-state index contributed by atoms with van der Waals surface area (Å²) < 4.78 is 1.75. The van der Waals surface area contributed by atoms with Crippen LogP contribution in [0.1, 0.15) is 31.1 Å². The van der Waals surface area contributed by atoms with Gasteiger partial charge in [0.15, 0.2) is 0 Å². The number of nitrogens with one attached hydrogen (secondary N) is 1. The molecule has 0 aliphatic rings. The van der Waals surface area contributed by atoms with E-state index < -0.39 is 6.04 Å². The van der Waals surface area contributed by atoms with Crippen molar-refractivity contribution in [2.24, 2.45) is 12.8 Å². The number of nitrogens with zero attached hydrogens (tertiary/aromatic N) is 3. The van der Waals surface area contributed by atoms with Crippen molar-refractivity contribution in [3.8, 4) is 0 Å². The predicted octanol–water partition coefficient (Wildman–Crippen LogP) is 0.186. The molecule has 0 aliphatic carbocycles. The Morgan fingerprint density at radius 1 is 1.53 bits per heavy atom. The third kappa shape index (κ3) is 4.04. The zero-order chi connectivity index (χ0) is 14.4. The van der Waals surface area contributed by atoms with Gasteiger partial charge in [-0.2, -0.15) is 5.10 Å². The van der Waals surface area contributed by atoms with Crippen LogP contribution in [0, 0.1) is 6.92 Å². The van der Waals surface area contributed by atoms with Gasteiger partial charge in [-0.15, -0.1) is 0 Å². The molecular formula is C13H25N5O. The van der Waals surface area contributed by atoms with E-state index in [-0.39, 0.29) is 5.91 Å². The van der Waals surface area contributed by atoms with Crippen LogP contribution in [0.3, 0.4) is 0 Å². The second kappa shape index (κ2) is 7.25. The van der Waals surface area contributed by atoms with Gasteiger partial charge in [0.25, 0.3) is 0 Å². The molecule has 0 fully saturated rings. The zero-order valence-corrected chi connectivity index (χ0v) is 12.3. The first-order chi connectivity index (χ1) is 9.01. The summed E-state index contributed by atoms with van der Waals surface area (Å²) in [7, 11) is 1.85. The Balaban J connectivity index is 2.65. The summed E-state index contributed by atoms with van der Waals surface area (Å²) in [6.45, 7) is 9.82. The van der Waals surface area contributed by atoms with Crippen LogP contribution in [0.4, 0.5) is 0 Å². The molecule has 108 valence electrons. The molecule has 1 amide bonds. The summed E-state index contributed by atoms with van der Waals surface area (Å²) in [6.07, 6.45) is 1.70. The third-order valence-electron chi connectivity index (χ3n) is 3.54. The number of primary amides is 1. The molecule has 0 saturated heterocycles. The van der Waals surface area contributed by atoms with Gasteiger partial charge in [0.1, 0.15) is 6.04 Å². The average molecular weight is 267 g/mol. The van der Waals surface area contributed by atoms with Crippen molar-refractivity contribution < 1.29 is 4.79 Å². The molecule has 0 spiro atoms. The molecule has 0 aromatic carbocycles. The third-order valence-corrected chi connectivity index (χ3v) is 3.54. The van der Waals surface area contributed by atoms with Crippen molar-refractivity contribution in [1.29, 1.82) is 0 Å². The van der Waals surface area contributed by atoms with E-state index in [0.717, 1.165) is 37.4 Å². The van der Waals surface area contributed by atoms with E-state index in [4.69, 9.17) is 5.73 Å². The van der Waals surface area contributed by atoms with Crippen molar-refractivity contribution in [2.75, 3.05) is 26.2 Å². The van der Waals surface area contributed by atoms with Crippen LogP contribution in [-0.2, 0) is 11.8 Å². The van der Waals surface area contributed by atoms with Gasteiger partial charge >= 0.3 is 0 Å². The molecule has 1 aromatic heterocycles. The van der Waals surface area contributed by atoms with Crippen LogP contribution >= 0.6 is 0 Å². The number of hydrogen-bond donors (Lipinski definition) is 2. The minimum Gasteiger partial charge on any atom is -0.368 e. The molecule has 3 N–H and O–H groups in total. The fourth-order valence-electron chi connectivity index (χ4n) is 2.07. The topological polar surface area (TPSA) is 76.2 Å². The molecule has 0 radical (unpaired) electrons. The van der Waals surface area contributed by atoms with Crippen molar-refractivity contribution in [1.82, 2.24) is 20.0 Å². The lowest BCUT2D eigenvalue weighted by atomic mass is 10.1. The van der Waals surface area contributed by atoms with Gasteiger partial charge in [-0.1, -0.05) is 13.8 Å². The Morgan fingerprint density at radius 3 is 2.58 bits per heavy atom. The van der Waals surface area contributed by atoms with Crippen LogP contribution in [0.2, 0.25) is 0 Å². The number of likely N-dealkylation sites (N-methyl/N-ethyl adjacent to an activating group) is 1. The van der Waals surface area contributed by atoms with E-state index in [2.05, 4.69) is 29.2 Å². The first-order valence-electron chi connectivity index (χ1n) is 6.74. The van der Waals surface area contributed by atoms with Gasteiger partial charge in [-0.25, -0.2) is 0 Å². The van der Waals surface area contributed by atoms with Crippen LogP contribution in [-0.4, -0.2) is 46.8 Å². The highest BCUT2D eigenvalue weighted by molar-refractivity contribution is 5.81. The average Bonchev–Trinajstić information content (AvgIpc) is 2.70.